The molecular formula is C19H22Cl2N2. The SMILES string of the molecule is CC=C(c1ccc(N(C)C)c(Cl)c1)c1ccc(N(C)C)c(Cl)c1. The molecule has 2 aromatic carbocycles. The molecule has 0 atom stereocenters. The molecule has 23 heavy (non-hydrogen) atoms. The van der Waals surface area contributed by atoms with Gasteiger partial charge in [0.1, 0.15) is 0 Å². The summed E-state index contributed by atoms with van der Waals surface area (Å²) in [5.41, 5.74) is 5.29. The fraction of sp³-hybridized carbons (Fsp3) is 0.263. The van der Waals surface area contributed by atoms with Crippen LogP contribution in [0.1, 0.15) is 18.1 Å². The number of halogens is 2. The summed E-state index contributed by atoms with van der Waals surface area (Å²) in [4.78, 5) is 4.01. The van der Waals surface area contributed by atoms with E-state index in [0.29, 0.717) is 0 Å². The maximum atomic E-state index is 6.41. The molecule has 0 radical (unpaired) electrons. The predicted molar refractivity (Wildman–Crippen MR) is 104 cm³/mol. The van der Waals surface area contributed by atoms with E-state index in [4.69, 9.17) is 23.2 Å². The van der Waals surface area contributed by atoms with Crippen LogP contribution in [-0.2, 0) is 0 Å². The molecule has 0 aromatic heterocycles. The molecule has 0 saturated carbocycles. The lowest BCUT2D eigenvalue weighted by Gasteiger charge is -2.18. The first-order valence-electron chi connectivity index (χ1n) is 7.46. The lowest BCUT2D eigenvalue weighted by Crippen LogP contribution is -2.09. The Bertz CT molecular complexity index is 675. The molecule has 122 valence electrons. The van der Waals surface area contributed by atoms with Gasteiger partial charge in [0.15, 0.2) is 0 Å². The van der Waals surface area contributed by atoms with Crippen molar-refractivity contribution >= 4 is 40.1 Å². The van der Waals surface area contributed by atoms with E-state index in [1.54, 1.807) is 0 Å². The normalized spacial score (nSPS) is 10.4. The zero-order valence-electron chi connectivity index (χ0n) is 14.2. The summed E-state index contributed by atoms with van der Waals surface area (Å²) < 4.78 is 0. The first-order chi connectivity index (χ1) is 10.8. The molecule has 0 N–H and O–H groups in total. The topological polar surface area (TPSA) is 6.48 Å². The first-order valence-corrected chi connectivity index (χ1v) is 8.21. The van der Waals surface area contributed by atoms with Gasteiger partial charge in [-0.25, -0.2) is 0 Å². The summed E-state index contributed by atoms with van der Waals surface area (Å²) in [6, 6.07) is 12.3. The van der Waals surface area contributed by atoms with Gasteiger partial charge >= 0.3 is 0 Å². The fourth-order valence-electron chi connectivity index (χ4n) is 2.57. The molecule has 2 nitrogen and oxygen atoms in total. The molecule has 0 fully saturated rings. The molecule has 4 heteroatoms. The fourth-order valence-corrected chi connectivity index (χ4v) is 3.27. The van der Waals surface area contributed by atoms with Crippen molar-refractivity contribution < 1.29 is 0 Å². The highest BCUT2D eigenvalue weighted by molar-refractivity contribution is 6.34. The molecule has 0 aliphatic rings. The number of anilines is 2. The van der Waals surface area contributed by atoms with Crippen LogP contribution in [0.5, 0.6) is 0 Å². The van der Waals surface area contributed by atoms with E-state index >= 15 is 0 Å². The summed E-state index contributed by atoms with van der Waals surface area (Å²) in [5, 5.41) is 1.48. The van der Waals surface area contributed by atoms with Gasteiger partial charge in [-0.05, 0) is 47.9 Å². The second-order valence-corrected chi connectivity index (χ2v) is 6.64. The molecule has 0 saturated heterocycles. The Morgan fingerprint density at radius 1 is 0.783 bits per heavy atom. The largest absolute Gasteiger partial charge is 0.376 e. The van der Waals surface area contributed by atoms with E-state index < -0.39 is 0 Å². The number of rotatable bonds is 4. The Morgan fingerprint density at radius 3 is 1.43 bits per heavy atom. The summed E-state index contributed by atoms with van der Waals surface area (Å²) in [6.07, 6.45) is 2.09. The van der Waals surface area contributed by atoms with Crippen molar-refractivity contribution in [3.63, 3.8) is 0 Å². The molecule has 0 unspecified atom stereocenters. The summed E-state index contributed by atoms with van der Waals surface area (Å²) in [6.45, 7) is 2.02. The van der Waals surface area contributed by atoms with E-state index in [9.17, 15) is 0 Å². The average Bonchev–Trinajstić information content (AvgIpc) is 2.47. The van der Waals surface area contributed by atoms with Crippen molar-refractivity contribution in [3.05, 3.63) is 63.6 Å². The minimum absolute atomic E-state index is 0.739. The predicted octanol–water partition coefficient (Wildman–Crippen LogP) is 5.58. The number of benzene rings is 2. The zero-order valence-corrected chi connectivity index (χ0v) is 15.7. The Morgan fingerprint density at radius 2 is 1.17 bits per heavy atom. The van der Waals surface area contributed by atoms with Gasteiger partial charge in [0.2, 0.25) is 0 Å². The van der Waals surface area contributed by atoms with Gasteiger partial charge in [0.25, 0.3) is 0 Å². The molecule has 0 aliphatic heterocycles. The van der Waals surface area contributed by atoms with Crippen LogP contribution in [0.15, 0.2) is 42.5 Å². The molecule has 0 aliphatic carbocycles. The molecule has 2 aromatic rings. The minimum atomic E-state index is 0.739. The lowest BCUT2D eigenvalue weighted by molar-refractivity contribution is 1.13. The summed E-state index contributed by atoms with van der Waals surface area (Å²) >= 11 is 12.8. The van der Waals surface area contributed by atoms with Crippen molar-refractivity contribution in [3.8, 4) is 0 Å². The van der Waals surface area contributed by atoms with Crippen LogP contribution >= 0.6 is 23.2 Å². The Kier molecular flexibility index (Phi) is 5.61. The first kappa shape index (κ1) is 17.7. The molecular weight excluding hydrogens is 327 g/mol. The number of allylic oxidation sites excluding steroid dienone is 1. The highest BCUT2D eigenvalue weighted by Gasteiger charge is 2.11. The van der Waals surface area contributed by atoms with Crippen LogP contribution in [0, 0.1) is 0 Å². The molecule has 0 amide bonds. The molecule has 2 rings (SSSR count). The maximum Gasteiger partial charge on any atom is 0.0645 e. The number of hydrogen-bond acceptors (Lipinski definition) is 2. The Balaban J connectivity index is 2.45. The second kappa shape index (κ2) is 7.29. The second-order valence-electron chi connectivity index (χ2n) is 5.82. The van der Waals surface area contributed by atoms with E-state index in [1.807, 2.05) is 69.2 Å². The lowest BCUT2D eigenvalue weighted by atomic mass is 9.97. The summed E-state index contributed by atoms with van der Waals surface area (Å²) in [7, 11) is 7.93. The van der Waals surface area contributed by atoms with Gasteiger partial charge in [0, 0.05) is 28.2 Å². The Labute approximate surface area is 148 Å². The summed E-state index contributed by atoms with van der Waals surface area (Å²) in [5.74, 6) is 0. The average molecular weight is 349 g/mol. The van der Waals surface area contributed by atoms with E-state index in [-0.39, 0.29) is 0 Å². The number of nitrogens with zero attached hydrogens (tertiary/aromatic N) is 2. The van der Waals surface area contributed by atoms with Crippen LogP contribution in [0.3, 0.4) is 0 Å². The third-order valence-corrected chi connectivity index (χ3v) is 4.38. The monoisotopic (exact) mass is 348 g/mol. The van der Waals surface area contributed by atoms with Crippen molar-refractivity contribution in [1.29, 1.82) is 0 Å². The maximum absolute atomic E-state index is 6.41. The van der Waals surface area contributed by atoms with Crippen LogP contribution in [0.4, 0.5) is 11.4 Å². The van der Waals surface area contributed by atoms with E-state index in [2.05, 4.69) is 18.2 Å². The third-order valence-electron chi connectivity index (χ3n) is 3.77. The van der Waals surface area contributed by atoms with Gasteiger partial charge in [-0.15, -0.1) is 0 Å². The smallest absolute Gasteiger partial charge is 0.0645 e. The molecule has 0 spiro atoms. The van der Waals surface area contributed by atoms with Gasteiger partial charge in [-0.1, -0.05) is 41.4 Å². The van der Waals surface area contributed by atoms with Crippen LogP contribution < -0.4 is 9.80 Å². The standard InChI is InChI=1S/C19H22Cl2N2/c1-6-15(13-7-9-18(22(2)3)16(20)11-13)14-8-10-19(23(4)5)17(21)12-14/h6-12H,1-5H3. The molecule has 0 bridgehead atoms. The van der Waals surface area contributed by atoms with Crippen molar-refractivity contribution in [2.75, 3.05) is 38.0 Å². The van der Waals surface area contributed by atoms with Gasteiger partial charge in [0.05, 0.1) is 21.4 Å². The van der Waals surface area contributed by atoms with Gasteiger partial charge in [-0.2, -0.15) is 0 Å². The van der Waals surface area contributed by atoms with Crippen molar-refractivity contribution in [2.45, 2.75) is 6.92 Å². The third kappa shape index (κ3) is 3.82. The van der Waals surface area contributed by atoms with Crippen LogP contribution in [0.2, 0.25) is 10.0 Å². The van der Waals surface area contributed by atoms with Gasteiger partial charge < -0.3 is 9.80 Å². The van der Waals surface area contributed by atoms with Crippen molar-refractivity contribution in [1.82, 2.24) is 0 Å². The van der Waals surface area contributed by atoms with Crippen LogP contribution in [0.25, 0.3) is 5.57 Å². The highest BCUT2D eigenvalue weighted by Crippen LogP contribution is 2.34. The van der Waals surface area contributed by atoms with Crippen molar-refractivity contribution in [2.24, 2.45) is 0 Å². The zero-order chi connectivity index (χ0) is 17.1. The Hall–Kier alpha value is -1.64. The molecule has 0 heterocycles. The van der Waals surface area contributed by atoms with E-state index in [1.165, 1.54) is 0 Å². The van der Waals surface area contributed by atoms with Crippen LogP contribution in [-0.4, -0.2) is 28.2 Å². The number of hydrogen-bond donors (Lipinski definition) is 0. The highest BCUT2D eigenvalue weighted by atomic mass is 35.5. The quantitative estimate of drug-likeness (QED) is 0.711. The van der Waals surface area contributed by atoms with Gasteiger partial charge in [-0.3, -0.25) is 0 Å². The van der Waals surface area contributed by atoms with E-state index in [0.717, 1.165) is 38.1 Å². The minimum Gasteiger partial charge on any atom is -0.376 e.